The highest BCUT2D eigenvalue weighted by Crippen LogP contribution is 2.86. The van der Waals surface area contributed by atoms with Gasteiger partial charge in [0.25, 0.3) is 0 Å². The van der Waals surface area contributed by atoms with Crippen molar-refractivity contribution in [1.29, 1.82) is 0 Å². The molecule has 1 aromatic heterocycles. The van der Waals surface area contributed by atoms with Crippen LogP contribution >= 0.6 is 0 Å². The summed E-state index contributed by atoms with van der Waals surface area (Å²) in [5.41, 5.74) is -5.23. The third-order valence-electron chi connectivity index (χ3n) is 25.3. The van der Waals surface area contributed by atoms with E-state index in [4.69, 9.17) is 23.4 Å². The molecule has 1 aromatic carbocycles. The van der Waals surface area contributed by atoms with Crippen LogP contribution in [0.25, 0.3) is 0 Å². The number of benzene rings is 1. The van der Waals surface area contributed by atoms with Crippen molar-refractivity contribution in [3.8, 4) is 11.8 Å². The smallest absolute Gasteiger partial charge is 0.339 e. The van der Waals surface area contributed by atoms with Gasteiger partial charge in [0.2, 0.25) is 0 Å². The summed E-state index contributed by atoms with van der Waals surface area (Å²) < 4.78 is 36.3. The van der Waals surface area contributed by atoms with Crippen LogP contribution in [0.2, 0.25) is 0 Å². The summed E-state index contributed by atoms with van der Waals surface area (Å²) in [6.07, 6.45) is 15.2. The summed E-state index contributed by atoms with van der Waals surface area (Å²) in [4.78, 5) is 49.9. The molecule has 0 radical (unpaired) electrons. The molecule has 4 bridgehead atoms. The van der Waals surface area contributed by atoms with Gasteiger partial charge in [-0.25, -0.2) is 4.79 Å². The first-order valence-electron chi connectivity index (χ1n) is 31.2. The molecule has 2 aromatic rings. The van der Waals surface area contributed by atoms with Gasteiger partial charge in [0, 0.05) is 46.7 Å². The number of ether oxygens (including phenoxy) is 4. The van der Waals surface area contributed by atoms with Crippen LogP contribution < -0.4 is 5.32 Å². The van der Waals surface area contributed by atoms with Crippen LogP contribution in [0, 0.1) is 98.6 Å². The number of nitrogens with one attached hydrogen (secondary N) is 1. The van der Waals surface area contributed by atoms with Gasteiger partial charge in [-0.3, -0.25) is 14.9 Å². The van der Waals surface area contributed by atoms with E-state index in [1.807, 2.05) is 6.26 Å². The molecule has 424 valence electrons. The molecule has 13 heteroatoms. The Labute approximate surface area is 466 Å². The van der Waals surface area contributed by atoms with Crippen molar-refractivity contribution in [2.75, 3.05) is 26.4 Å². The highest BCUT2D eigenvalue weighted by atomic mass is 16.7. The van der Waals surface area contributed by atoms with E-state index >= 15 is 9.59 Å². The average Bonchev–Trinajstić information content (AvgIpc) is 1.60. The number of carbonyl (C=O) groups is 3. The number of fused-ring (bicyclic) bond motifs is 6. The molecule has 6 aliphatic heterocycles. The second-order valence-corrected chi connectivity index (χ2v) is 28.9. The van der Waals surface area contributed by atoms with Gasteiger partial charge in [-0.15, -0.1) is 0 Å². The molecule has 0 amide bonds. The summed E-state index contributed by atoms with van der Waals surface area (Å²) in [5, 5.41) is 40.9. The minimum atomic E-state index is -1.55. The molecule has 13 aliphatic rings. The molecule has 21 atom stereocenters. The minimum absolute atomic E-state index is 0.0101. The Morgan fingerprint density at radius 2 is 1.77 bits per heavy atom. The predicted octanol–water partition coefficient (Wildman–Crippen LogP) is 7.99. The molecule has 21 unspecified atom stereocenters. The normalized spacial score (nSPS) is 46.9. The Morgan fingerprint density at radius 3 is 2.57 bits per heavy atom. The van der Waals surface area contributed by atoms with Gasteiger partial charge < -0.3 is 43.6 Å². The standard InChI is InChI=1S/C66H84N2O11/c1-37(2)20-25-60(3)54-53(71)55(72)64-47-29-39(28-38-10-6-5-7-11-38)12-13-40(47)14-17-44-18-15-43-34-75-50(31-46(49(70)33-69)41-16-19-45-42(30-41)22-27-68-36-67-32-48(45)68)52(43)65(44)61(4,66(64)56(77-66)57(73)78-65)26-21-51(64)63(54)35-76-59(74)62(58(63)79-60)23-8-9-24-62/h5-7,10-11,22,27,34,37,39-42,44-49,51,54-56,58,67,69-70,72H,8-9,12-13,15-16,18-21,23-26,28-33,35-36H2,1-4H3. The van der Waals surface area contributed by atoms with Gasteiger partial charge in [0.15, 0.2) is 17.5 Å². The average molecular weight is 1080 g/mol. The Morgan fingerprint density at radius 1 is 0.949 bits per heavy atom. The maximum Gasteiger partial charge on any atom is 0.339 e. The summed E-state index contributed by atoms with van der Waals surface area (Å²) in [6, 6.07) is 11.1. The van der Waals surface area contributed by atoms with Gasteiger partial charge in [-0.2, -0.15) is 0 Å². The molecular weight excluding hydrogens is 997 g/mol. The van der Waals surface area contributed by atoms with Gasteiger partial charge in [0.1, 0.15) is 24.1 Å². The van der Waals surface area contributed by atoms with Gasteiger partial charge in [-0.05, 0) is 168 Å². The zero-order valence-electron chi connectivity index (χ0n) is 47.0. The summed E-state index contributed by atoms with van der Waals surface area (Å²) in [6.45, 7) is 10.2. The van der Waals surface area contributed by atoms with Crippen molar-refractivity contribution in [1.82, 2.24) is 10.2 Å². The molecule has 7 heterocycles. The lowest BCUT2D eigenvalue weighted by Gasteiger charge is -2.72. The molecule has 5 spiro atoms. The van der Waals surface area contributed by atoms with Crippen LogP contribution in [0.4, 0.5) is 0 Å². The largest absolute Gasteiger partial charge is 0.469 e. The number of aryl methyl sites for hydroxylation is 1. The van der Waals surface area contributed by atoms with Crippen LogP contribution in [0.3, 0.4) is 0 Å². The number of aliphatic hydroxyl groups is 3. The van der Waals surface area contributed by atoms with Crippen LogP contribution in [0.15, 0.2) is 53.3 Å². The van der Waals surface area contributed by atoms with Gasteiger partial charge in [0.05, 0.1) is 54.6 Å². The number of cyclic esters (lactones) is 1. The number of carbonyl (C=O) groups excluding carboxylic acids is 3. The Hall–Kier alpha value is -4.03. The van der Waals surface area contributed by atoms with Crippen molar-refractivity contribution in [2.24, 2.45) is 86.8 Å². The second-order valence-electron chi connectivity index (χ2n) is 28.9. The Balaban J connectivity index is 0.917. The molecule has 15 rings (SSSR count). The molecule has 5 saturated carbocycles. The fraction of sp³-hybridized carbons (Fsp3) is 0.742. The van der Waals surface area contributed by atoms with Crippen molar-refractivity contribution >= 4 is 17.7 Å². The van der Waals surface area contributed by atoms with E-state index in [-0.39, 0.29) is 54.6 Å². The highest BCUT2D eigenvalue weighted by Gasteiger charge is 2.96. The first-order chi connectivity index (χ1) is 38.1. The summed E-state index contributed by atoms with van der Waals surface area (Å²) in [7, 11) is 0. The number of nitrogens with zero attached hydrogens (tertiary/aromatic N) is 1. The van der Waals surface area contributed by atoms with E-state index in [0.717, 1.165) is 82.1 Å². The van der Waals surface area contributed by atoms with Crippen molar-refractivity contribution in [3.05, 3.63) is 71.3 Å². The maximum atomic E-state index is 16.8. The summed E-state index contributed by atoms with van der Waals surface area (Å²) in [5.74, 6) is 6.41. The van der Waals surface area contributed by atoms with Crippen molar-refractivity contribution < 1.29 is 53.1 Å². The maximum absolute atomic E-state index is 16.8. The first kappa shape index (κ1) is 51.8. The number of epoxide rings is 1. The second kappa shape index (κ2) is 18.0. The lowest BCUT2D eigenvalue weighted by molar-refractivity contribution is -0.307. The number of hydrogen-bond acceptors (Lipinski definition) is 13. The van der Waals surface area contributed by atoms with Crippen molar-refractivity contribution in [2.45, 2.75) is 191 Å². The van der Waals surface area contributed by atoms with Crippen molar-refractivity contribution in [3.63, 3.8) is 0 Å². The quantitative estimate of drug-likeness (QED) is 0.102. The first-order valence-corrected chi connectivity index (χ1v) is 31.2. The number of esters is 2. The van der Waals surface area contributed by atoms with Crippen LogP contribution in [0.1, 0.15) is 146 Å². The predicted molar refractivity (Wildman–Crippen MR) is 290 cm³/mol. The fourth-order valence-electron chi connectivity index (χ4n) is 22.3. The van der Waals surface area contributed by atoms with Crippen LogP contribution in [0.5, 0.6) is 0 Å². The molecule has 7 aliphatic carbocycles. The monoisotopic (exact) mass is 1080 g/mol. The molecule has 10 fully saturated rings. The number of aliphatic hydroxyl groups excluding tert-OH is 3. The lowest BCUT2D eigenvalue weighted by atomic mass is 9.30. The zero-order chi connectivity index (χ0) is 54.2. The molecule has 5 saturated heterocycles. The van der Waals surface area contributed by atoms with E-state index in [2.05, 4.69) is 92.4 Å². The van der Waals surface area contributed by atoms with E-state index < -0.39 is 86.6 Å². The molecular formula is C66H84N2O11. The van der Waals surface area contributed by atoms with Crippen LogP contribution in [-0.2, 0) is 58.2 Å². The minimum Gasteiger partial charge on any atom is -0.469 e. The van der Waals surface area contributed by atoms with E-state index in [9.17, 15) is 20.1 Å². The van der Waals surface area contributed by atoms with E-state index in [0.29, 0.717) is 87.3 Å². The Bertz CT molecular complexity index is 2900. The molecule has 13 nitrogen and oxygen atoms in total. The highest BCUT2D eigenvalue weighted by molar-refractivity contribution is 5.93. The topological polar surface area (TPSA) is 181 Å². The number of ketones is 1. The number of furan rings is 1. The molecule has 79 heavy (non-hydrogen) atoms. The SMILES string of the molecule is CC(C)CCC1(C)OC2C3(CCCC3)C(=O)OCC23C1C(=O)C(O)C12C4CC(Cc5ccccc5)CCC4C#CC4CCc5coc(CC(C(O)CO)C6CCC7C(C=CN8CNCC78)C6)c5C45OC(=O)C4OC41C5(C)CCC32. The van der Waals surface area contributed by atoms with E-state index in [1.165, 1.54) is 5.56 Å². The molecule has 4 N–H and O–H groups in total. The van der Waals surface area contributed by atoms with E-state index in [1.54, 1.807) is 0 Å². The number of rotatable bonds is 10. The third-order valence-corrected chi connectivity index (χ3v) is 25.3. The zero-order valence-corrected chi connectivity index (χ0v) is 47.0. The fourth-order valence-corrected chi connectivity index (χ4v) is 22.3. The Kier molecular flexibility index (Phi) is 11.8. The van der Waals surface area contributed by atoms with Gasteiger partial charge >= 0.3 is 11.9 Å². The number of hydrogen-bond donors (Lipinski definition) is 4. The number of allylic oxidation sites excluding steroid dienone is 1. The lowest BCUT2D eigenvalue weighted by Crippen LogP contribution is -2.82. The summed E-state index contributed by atoms with van der Waals surface area (Å²) >= 11 is 0. The third kappa shape index (κ3) is 6.60. The van der Waals surface area contributed by atoms with Crippen LogP contribution in [-0.4, -0.2) is 106 Å². The van der Waals surface area contributed by atoms with Gasteiger partial charge in [-0.1, -0.05) is 81.9 Å². The number of Topliss-reactive ketones (excluding diaryl/α,β-unsaturated/α-hetero) is 1.